The second-order valence-corrected chi connectivity index (χ2v) is 6.90. The molecule has 7 nitrogen and oxygen atoms in total. The summed E-state index contributed by atoms with van der Waals surface area (Å²) in [5.41, 5.74) is 2.20. The van der Waals surface area contributed by atoms with E-state index in [1.54, 1.807) is 50.4 Å². The molecule has 0 atom stereocenters. The fraction of sp³-hybridized carbons (Fsp3) is 0.211. The number of amides is 3. The molecule has 3 rings (SSSR count). The molecule has 0 saturated carbocycles. The Hall–Kier alpha value is -2.87. The molecule has 0 unspecified atom stereocenters. The van der Waals surface area contributed by atoms with Crippen LogP contribution in [0.1, 0.15) is 15.9 Å². The molecule has 0 saturated heterocycles. The lowest BCUT2D eigenvalue weighted by Gasteiger charge is -2.29. The first kappa shape index (κ1) is 18.9. The summed E-state index contributed by atoms with van der Waals surface area (Å²) in [7, 11) is 1.55. The van der Waals surface area contributed by atoms with Crippen molar-refractivity contribution in [1.82, 2.24) is 5.32 Å². The highest BCUT2D eigenvalue weighted by Crippen LogP contribution is 2.34. The number of nitrogens with one attached hydrogen (secondary N) is 2. The van der Waals surface area contributed by atoms with Crippen molar-refractivity contribution in [2.45, 2.75) is 6.92 Å². The third kappa shape index (κ3) is 3.95. The highest BCUT2D eigenvalue weighted by molar-refractivity contribution is 9.10. The number of hydrogen-bond acceptors (Lipinski definition) is 4. The summed E-state index contributed by atoms with van der Waals surface area (Å²) in [6.45, 7) is 1.48. The molecule has 0 fully saturated rings. The number of benzene rings is 2. The summed E-state index contributed by atoms with van der Waals surface area (Å²) >= 11 is 3.36. The Balaban J connectivity index is 1.79. The van der Waals surface area contributed by atoms with Gasteiger partial charge in [0.15, 0.2) is 6.61 Å². The smallest absolute Gasteiger partial charge is 0.265 e. The largest absolute Gasteiger partial charge is 0.482 e. The first-order valence-corrected chi connectivity index (χ1v) is 9.04. The van der Waals surface area contributed by atoms with Crippen LogP contribution in [-0.2, 0) is 9.59 Å². The molecule has 0 radical (unpaired) electrons. The lowest BCUT2D eigenvalue weighted by molar-refractivity contribution is -0.123. The van der Waals surface area contributed by atoms with E-state index in [0.717, 1.165) is 4.47 Å². The minimum atomic E-state index is -0.365. The fourth-order valence-corrected chi connectivity index (χ4v) is 3.18. The van der Waals surface area contributed by atoms with Crippen LogP contribution in [0, 0.1) is 6.92 Å². The van der Waals surface area contributed by atoms with Crippen LogP contribution < -0.4 is 20.3 Å². The molecule has 8 heteroatoms. The van der Waals surface area contributed by atoms with E-state index in [4.69, 9.17) is 4.74 Å². The second kappa shape index (κ2) is 7.79. The Bertz CT molecular complexity index is 929. The van der Waals surface area contributed by atoms with Crippen molar-refractivity contribution in [3.63, 3.8) is 0 Å². The van der Waals surface area contributed by atoms with E-state index in [2.05, 4.69) is 26.6 Å². The topological polar surface area (TPSA) is 87.7 Å². The maximum absolute atomic E-state index is 12.6. The fourth-order valence-electron chi connectivity index (χ4n) is 2.84. The zero-order valence-corrected chi connectivity index (χ0v) is 16.4. The zero-order chi connectivity index (χ0) is 19.6. The first-order valence-electron chi connectivity index (χ1n) is 8.25. The molecule has 2 aromatic carbocycles. The van der Waals surface area contributed by atoms with Crippen LogP contribution in [0.5, 0.6) is 5.75 Å². The summed E-state index contributed by atoms with van der Waals surface area (Å²) in [5.74, 6) is -0.354. The predicted molar refractivity (Wildman–Crippen MR) is 105 cm³/mol. The van der Waals surface area contributed by atoms with Crippen LogP contribution in [0.4, 0.5) is 11.4 Å². The van der Waals surface area contributed by atoms with Gasteiger partial charge in [-0.15, -0.1) is 0 Å². The van der Waals surface area contributed by atoms with Crippen LogP contribution in [0.25, 0.3) is 0 Å². The van der Waals surface area contributed by atoms with Crippen LogP contribution in [0.15, 0.2) is 40.9 Å². The third-order valence-electron chi connectivity index (χ3n) is 4.25. The van der Waals surface area contributed by atoms with Crippen molar-refractivity contribution in [2.24, 2.45) is 0 Å². The molecule has 2 N–H and O–H groups in total. The van der Waals surface area contributed by atoms with E-state index >= 15 is 0 Å². The molecule has 1 heterocycles. The second-order valence-electron chi connectivity index (χ2n) is 5.99. The molecular formula is C19H18BrN3O4. The number of nitrogens with zero attached hydrogens (tertiary/aromatic N) is 1. The molecule has 0 aliphatic carbocycles. The highest BCUT2D eigenvalue weighted by atomic mass is 79.9. The summed E-state index contributed by atoms with van der Waals surface area (Å²) in [6.07, 6.45) is 0. The number of halogens is 1. The number of hydrogen-bond donors (Lipinski definition) is 2. The van der Waals surface area contributed by atoms with Gasteiger partial charge in [-0.2, -0.15) is 0 Å². The van der Waals surface area contributed by atoms with Gasteiger partial charge < -0.3 is 15.4 Å². The predicted octanol–water partition coefficient (Wildman–Crippen LogP) is 2.48. The van der Waals surface area contributed by atoms with Crippen molar-refractivity contribution >= 4 is 45.0 Å². The first-order chi connectivity index (χ1) is 12.9. The molecular weight excluding hydrogens is 414 g/mol. The van der Waals surface area contributed by atoms with Crippen LogP contribution in [0.3, 0.4) is 0 Å². The normalized spacial score (nSPS) is 12.9. The van der Waals surface area contributed by atoms with E-state index in [1.807, 2.05) is 0 Å². The zero-order valence-electron chi connectivity index (χ0n) is 14.8. The van der Waals surface area contributed by atoms with Gasteiger partial charge in [-0.3, -0.25) is 19.3 Å². The standard InChI is InChI=1S/C19H18BrN3O4/c1-11-13(19(26)21-2)4-3-5-14(11)22-17(24)9-23-15-7-6-12(20)8-16(15)27-10-18(23)25/h3-8H,9-10H2,1-2H3,(H,21,26)(H,22,24). The molecule has 0 aromatic heterocycles. The van der Waals surface area contributed by atoms with Gasteiger partial charge in [0, 0.05) is 22.8 Å². The Morgan fingerprint density at radius 2 is 2.04 bits per heavy atom. The van der Waals surface area contributed by atoms with Gasteiger partial charge >= 0.3 is 0 Å². The molecule has 2 aromatic rings. The molecule has 27 heavy (non-hydrogen) atoms. The van der Waals surface area contributed by atoms with Gasteiger partial charge in [0.2, 0.25) is 5.91 Å². The molecule has 0 bridgehead atoms. The maximum Gasteiger partial charge on any atom is 0.265 e. The quantitative estimate of drug-likeness (QED) is 0.778. The van der Waals surface area contributed by atoms with Crippen LogP contribution in [-0.4, -0.2) is 37.9 Å². The van der Waals surface area contributed by atoms with E-state index in [-0.39, 0.29) is 30.9 Å². The van der Waals surface area contributed by atoms with Gasteiger partial charge in [-0.25, -0.2) is 0 Å². The molecule has 140 valence electrons. The van der Waals surface area contributed by atoms with Crippen LogP contribution in [0.2, 0.25) is 0 Å². The van der Waals surface area contributed by atoms with Crippen molar-refractivity contribution < 1.29 is 19.1 Å². The van der Waals surface area contributed by atoms with Crippen molar-refractivity contribution in [3.05, 3.63) is 52.0 Å². The summed E-state index contributed by atoms with van der Waals surface area (Å²) in [6, 6.07) is 10.3. The Labute approximate surface area is 164 Å². The minimum Gasteiger partial charge on any atom is -0.482 e. The SMILES string of the molecule is CNC(=O)c1cccc(NC(=O)CN2C(=O)COc3cc(Br)ccc32)c1C. The number of ether oxygens (including phenoxy) is 1. The van der Waals surface area contributed by atoms with Crippen molar-refractivity contribution in [3.8, 4) is 5.75 Å². The van der Waals surface area contributed by atoms with E-state index in [0.29, 0.717) is 28.3 Å². The number of carbonyl (C=O) groups is 3. The third-order valence-corrected chi connectivity index (χ3v) is 4.74. The van der Waals surface area contributed by atoms with E-state index < -0.39 is 0 Å². The lowest BCUT2D eigenvalue weighted by Crippen LogP contribution is -2.43. The monoisotopic (exact) mass is 431 g/mol. The highest BCUT2D eigenvalue weighted by Gasteiger charge is 2.27. The minimum absolute atomic E-state index is 0.123. The summed E-state index contributed by atoms with van der Waals surface area (Å²) in [4.78, 5) is 38.1. The molecule has 1 aliphatic rings. The van der Waals surface area contributed by atoms with Gasteiger partial charge in [-0.1, -0.05) is 22.0 Å². The number of rotatable bonds is 4. The van der Waals surface area contributed by atoms with Gasteiger partial charge in [0.1, 0.15) is 12.3 Å². The van der Waals surface area contributed by atoms with Crippen molar-refractivity contribution in [1.29, 1.82) is 0 Å². The van der Waals surface area contributed by atoms with Gasteiger partial charge in [0.05, 0.1) is 5.69 Å². The van der Waals surface area contributed by atoms with Gasteiger partial charge in [-0.05, 0) is 42.8 Å². The van der Waals surface area contributed by atoms with E-state index in [9.17, 15) is 14.4 Å². The lowest BCUT2D eigenvalue weighted by atomic mass is 10.1. The summed E-state index contributed by atoms with van der Waals surface area (Å²) < 4.78 is 6.24. The van der Waals surface area contributed by atoms with Crippen LogP contribution >= 0.6 is 15.9 Å². The van der Waals surface area contributed by atoms with Crippen molar-refractivity contribution in [2.75, 3.05) is 30.4 Å². The Morgan fingerprint density at radius 1 is 1.26 bits per heavy atom. The summed E-state index contributed by atoms with van der Waals surface area (Å²) in [5, 5.41) is 5.34. The number of fused-ring (bicyclic) bond motifs is 1. The maximum atomic E-state index is 12.6. The molecule has 0 spiro atoms. The Kier molecular flexibility index (Phi) is 5.46. The van der Waals surface area contributed by atoms with Gasteiger partial charge in [0.25, 0.3) is 11.8 Å². The number of carbonyl (C=O) groups excluding carboxylic acids is 3. The molecule has 3 amide bonds. The average Bonchev–Trinajstić information content (AvgIpc) is 2.65. The average molecular weight is 432 g/mol. The van der Waals surface area contributed by atoms with E-state index in [1.165, 1.54) is 4.90 Å². The number of anilines is 2. The Morgan fingerprint density at radius 3 is 2.78 bits per heavy atom. The molecule has 1 aliphatic heterocycles.